The van der Waals surface area contributed by atoms with E-state index >= 15 is 0 Å². The molecule has 0 radical (unpaired) electrons. The molecule has 0 amide bonds. The van der Waals surface area contributed by atoms with E-state index in [-0.39, 0.29) is 0 Å². The molecular formula is C9H4BrCl2NS. The third-order valence-corrected chi connectivity index (χ3v) is 4.06. The fraction of sp³-hybridized carbons (Fsp3) is 0. The Morgan fingerprint density at radius 3 is 2.71 bits per heavy atom. The Morgan fingerprint density at radius 1 is 1.29 bits per heavy atom. The zero-order valence-electron chi connectivity index (χ0n) is 6.80. The van der Waals surface area contributed by atoms with E-state index in [4.69, 9.17) is 23.2 Å². The molecule has 0 aliphatic carbocycles. The van der Waals surface area contributed by atoms with Crippen LogP contribution >= 0.6 is 50.5 Å². The van der Waals surface area contributed by atoms with E-state index in [1.54, 1.807) is 6.07 Å². The summed E-state index contributed by atoms with van der Waals surface area (Å²) in [5.74, 6) is 0. The first-order valence-corrected chi connectivity index (χ1v) is 6.17. The molecule has 0 saturated heterocycles. The molecular weight excluding hydrogens is 305 g/mol. The third kappa shape index (κ3) is 1.96. The van der Waals surface area contributed by atoms with E-state index < -0.39 is 0 Å². The van der Waals surface area contributed by atoms with Crippen LogP contribution in [0, 0.1) is 0 Å². The van der Waals surface area contributed by atoms with Crippen molar-refractivity contribution in [2.75, 3.05) is 0 Å². The fourth-order valence-electron chi connectivity index (χ4n) is 1.05. The van der Waals surface area contributed by atoms with Crippen LogP contribution in [0.2, 0.25) is 10.0 Å². The van der Waals surface area contributed by atoms with Gasteiger partial charge in [-0.05, 0) is 22.0 Å². The first kappa shape index (κ1) is 10.4. The van der Waals surface area contributed by atoms with E-state index in [2.05, 4.69) is 20.9 Å². The average molecular weight is 309 g/mol. The summed E-state index contributed by atoms with van der Waals surface area (Å²) >= 11 is 16.8. The number of rotatable bonds is 1. The zero-order valence-corrected chi connectivity index (χ0v) is 10.7. The maximum absolute atomic E-state index is 6.06. The fourth-order valence-corrected chi connectivity index (χ4v) is 2.78. The van der Waals surface area contributed by atoms with Gasteiger partial charge in [-0.3, -0.25) is 0 Å². The van der Waals surface area contributed by atoms with Gasteiger partial charge in [0.2, 0.25) is 0 Å². The Labute approximate surface area is 104 Å². The molecule has 0 fully saturated rings. The van der Waals surface area contributed by atoms with Gasteiger partial charge in [-0.25, -0.2) is 4.98 Å². The van der Waals surface area contributed by atoms with E-state index in [9.17, 15) is 0 Å². The maximum Gasteiger partial charge on any atom is 0.126 e. The lowest BCUT2D eigenvalue weighted by Crippen LogP contribution is -1.78. The molecule has 0 saturated carbocycles. The van der Waals surface area contributed by atoms with E-state index in [1.807, 2.05) is 17.5 Å². The third-order valence-electron chi connectivity index (χ3n) is 1.66. The van der Waals surface area contributed by atoms with Crippen molar-refractivity contribution in [2.24, 2.45) is 0 Å². The number of benzene rings is 1. The highest BCUT2D eigenvalue weighted by atomic mass is 79.9. The van der Waals surface area contributed by atoms with Gasteiger partial charge >= 0.3 is 0 Å². The van der Waals surface area contributed by atoms with Crippen LogP contribution in [-0.4, -0.2) is 4.98 Å². The van der Waals surface area contributed by atoms with Crippen LogP contribution in [0.5, 0.6) is 0 Å². The Bertz CT molecular complexity index is 470. The number of thiazole rings is 1. The van der Waals surface area contributed by atoms with Crippen LogP contribution in [0.3, 0.4) is 0 Å². The summed E-state index contributed by atoms with van der Waals surface area (Å²) in [7, 11) is 0. The van der Waals surface area contributed by atoms with Crippen molar-refractivity contribution in [1.82, 2.24) is 4.98 Å². The molecule has 0 atom stereocenters. The highest BCUT2D eigenvalue weighted by Crippen LogP contribution is 2.35. The van der Waals surface area contributed by atoms with Crippen LogP contribution in [-0.2, 0) is 0 Å². The topological polar surface area (TPSA) is 12.9 Å². The summed E-state index contributed by atoms with van der Waals surface area (Å²) in [5, 5.41) is 3.88. The maximum atomic E-state index is 6.06. The molecule has 5 heteroatoms. The molecule has 0 aliphatic heterocycles. The van der Waals surface area contributed by atoms with Gasteiger partial charge in [0, 0.05) is 10.9 Å². The molecule has 1 aromatic carbocycles. The zero-order chi connectivity index (χ0) is 10.1. The Kier molecular flexibility index (Phi) is 3.12. The van der Waals surface area contributed by atoms with Crippen molar-refractivity contribution in [3.8, 4) is 10.6 Å². The Balaban J connectivity index is 2.57. The molecule has 0 bridgehead atoms. The van der Waals surface area contributed by atoms with Gasteiger partial charge in [0.1, 0.15) is 9.61 Å². The van der Waals surface area contributed by atoms with Gasteiger partial charge in [0.15, 0.2) is 0 Å². The molecule has 2 aromatic rings. The van der Waals surface area contributed by atoms with Crippen LogP contribution in [0.25, 0.3) is 10.6 Å². The van der Waals surface area contributed by atoms with Crippen molar-refractivity contribution in [3.05, 3.63) is 38.2 Å². The van der Waals surface area contributed by atoms with Crippen molar-refractivity contribution in [1.29, 1.82) is 0 Å². The SMILES string of the molecule is Clc1cccc(-c2nc(Br)cs2)c1Cl. The minimum Gasteiger partial charge on any atom is -0.229 e. The van der Waals surface area contributed by atoms with Crippen molar-refractivity contribution in [3.63, 3.8) is 0 Å². The van der Waals surface area contributed by atoms with Gasteiger partial charge in [0.25, 0.3) is 0 Å². The molecule has 14 heavy (non-hydrogen) atoms. The minimum atomic E-state index is 0.551. The van der Waals surface area contributed by atoms with Crippen LogP contribution in [0.15, 0.2) is 28.2 Å². The number of hydrogen-bond donors (Lipinski definition) is 0. The first-order chi connectivity index (χ1) is 6.68. The smallest absolute Gasteiger partial charge is 0.126 e. The second-order valence-corrected chi connectivity index (χ2v) is 5.03. The summed E-state index contributed by atoms with van der Waals surface area (Å²) in [6, 6.07) is 5.52. The summed E-state index contributed by atoms with van der Waals surface area (Å²) in [5.41, 5.74) is 0.870. The number of nitrogens with zero attached hydrogens (tertiary/aromatic N) is 1. The second kappa shape index (κ2) is 4.19. The number of halogens is 3. The number of hydrogen-bond acceptors (Lipinski definition) is 2. The van der Waals surface area contributed by atoms with Crippen molar-refractivity contribution in [2.45, 2.75) is 0 Å². The van der Waals surface area contributed by atoms with E-state index in [1.165, 1.54) is 11.3 Å². The molecule has 2 rings (SSSR count). The number of aromatic nitrogens is 1. The van der Waals surface area contributed by atoms with Gasteiger partial charge in [-0.2, -0.15) is 0 Å². The van der Waals surface area contributed by atoms with Gasteiger partial charge in [0.05, 0.1) is 10.0 Å². The van der Waals surface area contributed by atoms with Crippen molar-refractivity contribution >= 4 is 50.5 Å². The summed E-state index contributed by atoms with van der Waals surface area (Å²) in [6.07, 6.45) is 0. The van der Waals surface area contributed by atoms with Gasteiger partial charge in [-0.15, -0.1) is 11.3 Å². The standard InChI is InChI=1S/C9H4BrCl2NS/c10-7-4-14-9(13-7)5-2-1-3-6(11)8(5)12/h1-4H. The normalized spacial score (nSPS) is 10.5. The van der Waals surface area contributed by atoms with Crippen molar-refractivity contribution < 1.29 is 0 Å². The molecule has 0 aliphatic rings. The first-order valence-electron chi connectivity index (χ1n) is 3.74. The molecule has 0 unspecified atom stereocenters. The van der Waals surface area contributed by atoms with Crippen LogP contribution in [0.1, 0.15) is 0 Å². The van der Waals surface area contributed by atoms with Gasteiger partial charge < -0.3 is 0 Å². The highest BCUT2D eigenvalue weighted by molar-refractivity contribution is 9.10. The lowest BCUT2D eigenvalue weighted by atomic mass is 10.2. The predicted octanol–water partition coefficient (Wildman–Crippen LogP) is 4.88. The second-order valence-electron chi connectivity index (χ2n) is 2.58. The summed E-state index contributed by atoms with van der Waals surface area (Å²) in [4.78, 5) is 4.27. The predicted molar refractivity (Wildman–Crippen MR) is 65.3 cm³/mol. The van der Waals surface area contributed by atoms with Crippen LogP contribution in [0.4, 0.5) is 0 Å². The molecule has 1 heterocycles. The molecule has 1 nitrogen and oxygen atoms in total. The minimum absolute atomic E-state index is 0.551. The summed E-state index contributed by atoms with van der Waals surface area (Å²) in [6.45, 7) is 0. The largest absolute Gasteiger partial charge is 0.229 e. The monoisotopic (exact) mass is 307 g/mol. The Hall–Kier alpha value is -0.0900. The molecule has 0 N–H and O–H groups in total. The molecule has 1 aromatic heterocycles. The van der Waals surface area contributed by atoms with Gasteiger partial charge in [-0.1, -0.05) is 35.3 Å². The molecule has 72 valence electrons. The Morgan fingerprint density at radius 2 is 2.07 bits per heavy atom. The molecule has 0 spiro atoms. The average Bonchev–Trinajstić information content (AvgIpc) is 2.57. The lowest BCUT2D eigenvalue weighted by molar-refractivity contribution is 1.36. The van der Waals surface area contributed by atoms with E-state index in [0.29, 0.717) is 10.0 Å². The summed E-state index contributed by atoms with van der Waals surface area (Å²) < 4.78 is 0.813. The van der Waals surface area contributed by atoms with Crippen LogP contribution < -0.4 is 0 Å². The van der Waals surface area contributed by atoms with E-state index in [0.717, 1.165) is 15.2 Å². The quantitative estimate of drug-likeness (QED) is 0.731. The lowest BCUT2D eigenvalue weighted by Gasteiger charge is -2.00. The highest BCUT2D eigenvalue weighted by Gasteiger charge is 2.09.